The number of carbonyl (C=O) groups is 1. The predicted molar refractivity (Wildman–Crippen MR) is 103 cm³/mol. The zero-order chi connectivity index (χ0) is 18.5. The first-order valence-electron chi connectivity index (χ1n) is 8.61. The Labute approximate surface area is 158 Å². The molecule has 1 N–H and O–H groups in total. The zero-order valence-corrected chi connectivity index (χ0v) is 15.6. The van der Waals surface area contributed by atoms with Crippen molar-refractivity contribution in [2.75, 3.05) is 0 Å². The van der Waals surface area contributed by atoms with Crippen LogP contribution in [0.4, 0.5) is 0 Å². The number of rotatable bonds is 6. The number of aromatic nitrogens is 1. The number of hydrogen-bond acceptors (Lipinski definition) is 3. The molecule has 0 aliphatic heterocycles. The highest BCUT2D eigenvalue weighted by Gasteiger charge is 2.22. The highest BCUT2D eigenvalue weighted by molar-refractivity contribution is 6.30. The van der Waals surface area contributed by atoms with Crippen molar-refractivity contribution in [3.63, 3.8) is 0 Å². The molecule has 0 aliphatic carbocycles. The molecule has 0 spiro atoms. The van der Waals surface area contributed by atoms with Gasteiger partial charge in [0.1, 0.15) is 17.0 Å². The summed E-state index contributed by atoms with van der Waals surface area (Å²) in [6.07, 6.45) is 1.77. The fraction of sp³-hybridized carbons (Fsp3) is 0.238. The Morgan fingerprint density at radius 3 is 2.54 bits per heavy atom. The zero-order valence-electron chi connectivity index (χ0n) is 14.8. The van der Waals surface area contributed by atoms with E-state index in [1.54, 1.807) is 19.1 Å². The van der Waals surface area contributed by atoms with Crippen LogP contribution in [0.25, 0.3) is 11.3 Å². The van der Waals surface area contributed by atoms with Gasteiger partial charge in [0, 0.05) is 16.6 Å². The normalized spacial score (nSPS) is 12.0. The predicted octanol–water partition coefficient (Wildman–Crippen LogP) is 5.05. The number of benzene rings is 2. The highest BCUT2D eigenvalue weighted by Crippen LogP contribution is 2.26. The molecule has 0 saturated carbocycles. The van der Waals surface area contributed by atoms with E-state index >= 15 is 0 Å². The number of amides is 1. The number of carbonyl (C=O) groups excluding carboxylic acids is 1. The number of aryl methyl sites for hydroxylation is 2. The minimum atomic E-state index is -0.172. The lowest BCUT2D eigenvalue weighted by Crippen LogP contribution is -2.33. The van der Waals surface area contributed by atoms with E-state index in [4.69, 9.17) is 16.1 Å². The summed E-state index contributed by atoms with van der Waals surface area (Å²) in [4.78, 5) is 12.8. The van der Waals surface area contributed by atoms with E-state index in [0.717, 1.165) is 18.4 Å². The van der Waals surface area contributed by atoms with Gasteiger partial charge in [-0.1, -0.05) is 59.2 Å². The van der Waals surface area contributed by atoms with E-state index in [1.165, 1.54) is 5.56 Å². The van der Waals surface area contributed by atoms with Gasteiger partial charge in [-0.25, -0.2) is 0 Å². The van der Waals surface area contributed by atoms with E-state index in [1.807, 2.05) is 37.3 Å². The monoisotopic (exact) mass is 368 g/mol. The molecule has 0 radical (unpaired) electrons. The van der Waals surface area contributed by atoms with Crippen LogP contribution in [0.1, 0.15) is 35.0 Å². The van der Waals surface area contributed by atoms with E-state index in [9.17, 15) is 4.79 Å². The van der Waals surface area contributed by atoms with Gasteiger partial charge in [-0.2, -0.15) is 0 Å². The largest absolute Gasteiger partial charge is 0.360 e. The molecule has 1 aromatic heterocycles. The minimum Gasteiger partial charge on any atom is -0.360 e. The second-order valence-electron chi connectivity index (χ2n) is 6.37. The average Bonchev–Trinajstić information content (AvgIpc) is 3.03. The van der Waals surface area contributed by atoms with Crippen LogP contribution in [0.5, 0.6) is 0 Å². The first-order chi connectivity index (χ1) is 12.5. The Kier molecular flexibility index (Phi) is 5.74. The molecule has 0 saturated heterocycles. The van der Waals surface area contributed by atoms with Crippen molar-refractivity contribution < 1.29 is 9.32 Å². The van der Waals surface area contributed by atoms with Crippen molar-refractivity contribution in [3.05, 3.63) is 76.5 Å². The maximum atomic E-state index is 12.8. The van der Waals surface area contributed by atoms with Crippen LogP contribution in [0, 0.1) is 6.92 Å². The molecule has 1 amide bonds. The van der Waals surface area contributed by atoms with Crippen molar-refractivity contribution >= 4 is 17.5 Å². The summed E-state index contributed by atoms with van der Waals surface area (Å²) in [6, 6.07) is 17.5. The fourth-order valence-electron chi connectivity index (χ4n) is 2.84. The first-order valence-corrected chi connectivity index (χ1v) is 8.99. The fourth-order valence-corrected chi connectivity index (χ4v) is 2.97. The highest BCUT2D eigenvalue weighted by atomic mass is 35.5. The number of nitrogens with zero attached hydrogens (tertiary/aromatic N) is 1. The minimum absolute atomic E-state index is 0.0371. The van der Waals surface area contributed by atoms with E-state index < -0.39 is 0 Å². The second-order valence-corrected chi connectivity index (χ2v) is 6.80. The van der Waals surface area contributed by atoms with Gasteiger partial charge >= 0.3 is 0 Å². The van der Waals surface area contributed by atoms with Crippen molar-refractivity contribution in [2.45, 2.75) is 32.7 Å². The number of halogens is 1. The van der Waals surface area contributed by atoms with Crippen LogP contribution in [-0.4, -0.2) is 17.1 Å². The molecule has 3 aromatic rings. The molecule has 134 valence electrons. The molecule has 1 unspecified atom stereocenters. The summed E-state index contributed by atoms with van der Waals surface area (Å²) < 4.78 is 5.27. The smallest absolute Gasteiger partial charge is 0.257 e. The molecule has 0 fully saturated rings. The van der Waals surface area contributed by atoms with Gasteiger partial charge in [0.15, 0.2) is 0 Å². The molecule has 1 atom stereocenters. The van der Waals surface area contributed by atoms with Gasteiger partial charge in [0.2, 0.25) is 0 Å². The molecular formula is C21H21ClN2O2. The first kappa shape index (κ1) is 18.2. The van der Waals surface area contributed by atoms with Gasteiger partial charge in [0.05, 0.1) is 0 Å². The SMILES string of the molecule is Cc1onc(-c2ccc(Cl)cc2)c1C(=O)NC(C)CCc1ccccc1. The van der Waals surface area contributed by atoms with Gasteiger partial charge in [-0.05, 0) is 44.4 Å². The molecule has 0 aliphatic rings. The summed E-state index contributed by atoms with van der Waals surface area (Å²) >= 11 is 5.94. The van der Waals surface area contributed by atoms with Crippen LogP contribution in [0.3, 0.4) is 0 Å². The third-order valence-corrected chi connectivity index (χ3v) is 4.55. The van der Waals surface area contributed by atoms with E-state index in [0.29, 0.717) is 22.0 Å². The molecular weight excluding hydrogens is 348 g/mol. The van der Waals surface area contributed by atoms with Crippen molar-refractivity contribution in [1.82, 2.24) is 10.5 Å². The maximum absolute atomic E-state index is 12.8. The van der Waals surface area contributed by atoms with E-state index in [2.05, 4.69) is 22.6 Å². The summed E-state index contributed by atoms with van der Waals surface area (Å²) in [6.45, 7) is 3.75. The molecule has 26 heavy (non-hydrogen) atoms. The van der Waals surface area contributed by atoms with Crippen LogP contribution in [0.15, 0.2) is 59.1 Å². The standard InChI is InChI=1S/C21H21ClN2O2/c1-14(8-9-16-6-4-3-5-7-16)23-21(25)19-15(2)26-24-20(19)17-10-12-18(22)13-11-17/h3-7,10-14H,8-9H2,1-2H3,(H,23,25). The Morgan fingerprint density at radius 2 is 1.85 bits per heavy atom. The Morgan fingerprint density at radius 1 is 1.15 bits per heavy atom. The van der Waals surface area contributed by atoms with E-state index in [-0.39, 0.29) is 11.9 Å². The molecule has 4 nitrogen and oxygen atoms in total. The molecule has 0 bridgehead atoms. The summed E-state index contributed by atoms with van der Waals surface area (Å²) in [5, 5.41) is 7.74. The van der Waals surface area contributed by atoms with Crippen molar-refractivity contribution in [2.24, 2.45) is 0 Å². The average molecular weight is 369 g/mol. The summed E-state index contributed by atoms with van der Waals surface area (Å²) in [7, 11) is 0. The Balaban J connectivity index is 1.69. The lowest BCUT2D eigenvalue weighted by Gasteiger charge is -2.14. The molecule has 3 rings (SSSR count). The summed E-state index contributed by atoms with van der Waals surface area (Å²) in [5.41, 5.74) is 3.07. The van der Waals surface area contributed by atoms with Gasteiger partial charge in [0.25, 0.3) is 5.91 Å². The quantitative estimate of drug-likeness (QED) is 0.662. The van der Waals surface area contributed by atoms with Crippen molar-refractivity contribution in [1.29, 1.82) is 0 Å². The molecule has 5 heteroatoms. The van der Waals surface area contributed by atoms with Crippen LogP contribution < -0.4 is 5.32 Å². The second kappa shape index (κ2) is 8.19. The van der Waals surface area contributed by atoms with Gasteiger partial charge < -0.3 is 9.84 Å². The summed E-state index contributed by atoms with van der Waals surface area (Å²) in [5.74, 6) is 0.331. The third kappa shape index (κ3) is 4.33. The topological polar surface area (TPSA) is 55.1 Å². The Bertz CT molecular complexity index is 873. The lowest BCUT2D eigenvalue weighted by molar-refractivity contribution is 0.0937. The maximum Gasteiger partial charge on any atom is 0.257 e. The van der Waals surface area contributed by atoms with Gasteiger partial charge in [-0.15, -0.1) is 0 Å². The molecule has 1 heterocycles. The Hall–Kier alpha value is -2.59. The van der Waals surface area contributed by atoms with Crippen LogP contribution in [0.2, 0.25) is 5.02 Å². The third-order valence-electron chi connectivity index (χ3n) is 4.29. The van der Waals surface area contributed by atoms with Crippen LogP contribution >= 0.6 is 11.6 Å². The van der Waals surface area contributed by atoms with Crippen LogP contribution in [-0.2, 0) is 6.42 Å². The number of hydrogen-bond donors (Lipinski definition) is 1. The number of nitrogens with one attached hydrogen (secondary N) is 1. The molecule has 2 aromatic carbocycles. The lowest BCUT2D eigenvalue weighted by atomic mass is 10.0. The van der Waals surface area contributed by atoms with Crippen molar-refractivity contribution in [3.8, 4) is 11.3 Å². The van der Waals surface area contributed by atoms with Gasteiger partial charge in [-0.3, -0.25) is 4.79 Å².